The van der Waals surface area contributed by atoms with Crippen molar-refractivity contribution in [2.24, 2.45) is 0 Å². The van der Waals surface area contributed by atoms with Crippen LogP contribution in [0.4, 0.5) is 5.69 Å². The number of hydrogen-bond acceptors (Lipinski definition) is 2. The molecule has 1 atom stereocenters. The molecule has 4 heteroatoms. The molecule has 3 nitrogen and oxygen atoms in total. The van der Waals surface area contributed by atoms with Gasteiger partial charge in [-0.2, -0.15) is 0 Å². The van der Waals surface area contributed by atoms with Gasteiger partial charge in [0.1, 0.15) is 0 Å². The molecule has 2 fully saturated rings. The van der Waals surface area contributed by atoms with Gasteiger partial charge in [-0.3, -0.25) is 4.79 Å². The van der Waals surface area contributed by atoms with E-state index in [2.05, 4.69) is 40.3 Å². The van der Waals surface area contributed by atoms with Crippen molar-refractivity contribution in [2.45, 2.75) is 38.3 Å². The molecule has 1 amide bonds. The molecule has 96 valence electrons. The first-order valence-corrected chi connectivity index (χ1v) is 7.27. The molecule has 0 aromatic heterocycles. The number of carbonyl (C=O) groups excluding carboxylic acids is 1. The van der Waals surface area contributed by atoms with Crippen LogP contribution in [0.2, 0.25) is 0 Å². The minimum Gasteiger partial charge on any atom is -0.311 e. The summed E-state index contributed by atoms with van der Waals surface area (Å²) >= 11 is 3.49. The topological polar surface area (TPSA) is 32.3 Å². The third-order valence-corrected chi connectivity index (χ3v) is 4.02. The van der Waals surface area contributed by atoms with Crippen molar-refractivity contribution in [1.29, 1.82) is 0 Å². The minimum absolute atomic E-state index is 0.0248. The van der Waals surface area contributed by atoms with Crippen LogP contribution in [0.25, 0.3) is 0 Å². The van der Waals surface area contributed by atoms with Gasteiger partial charge in [-0.05, 0) is 49.9 Å². The smallest absolute Gasteiger partial charge is 0.244 e. The van der Waals surface area contributed by atoms with E-state index in [0.29, 0.717) is 6.04 Å². The summed E-state index contributed by atoms with van der Waals surface area (Å²) in [7, 11) is 0. The maximum absolute atomic E-state index is 12.3. The van der Waals surface area contributed by atoms with Crippen molar-refractivity contribution in [2.75, 3.05) is 11.4 Å². The predicted octanol–water partition coefficient (Wildman–Crippen LogP) is 2.61. The van der Waals surface area contributed by atoms with Gasteiger partial charge in [0.2, 0.25) is 5.91 Å². The lowest BCUT2D eigenvalue weighted by Gasteiger charge is -2.18. The van der Waals surface area contributed by atoms with Gasteiger partial charge in [-0.25, -0.2) is 0 Å². The van der Waals surface area contributed by atoms with Gasteiger partial charge >= 0.3 is 0 Å². The fourth-order valence-corrected chi connectivity index (χ4v) is 3.09. The monoisotopic (exact) mass is 308 g/mol. The zero-order valence-corrected chi connectivity index (χ0v) is 12.0. The van der Waals surface area contributed by atoms with Crippen LogP contribution >= 0.6 is 15.9 Å². The number of nitrogens with zero attached hydrogens (tertiary/aromatic N) is 1. The van der Waals surface area contributed by atoms with E-state index in [9.17, 15) is 4.79 Å². The van der Waals surface area contributed by atoms with Gasteiger partial charge in [0.25, 0.3) is 0 Å². The molecule has 0 radical (unpaired) electrons. The molecule has 1 N–H and O–H groups in total. The van der Waals surface area contributed by atoms with Gasteiger partial charge in [0, 0.05) is 22.7 Å². The number of rotatable bonds is 3. The Balaban J connectivity index is 1.77. The molecule has 0 bridgehead atoms. The lowest BCUT2D eigenvalue weighted by molar-refractivity contribution is -0.118. The summed E-state index contributed by atoms with van der Waals surface area (Å²) in [5.41, 5.74) is 2.18. The summed E-state index contributed by atoms with van der Waals surface area (Å²) in [4.78, 5) is 14.2. The fraction of sp³-hybridized carbons (Fsp3) is 0.500. The number of aryl methyl sites for hydroxylation is 1. The van der Waals surface area contributed by atoms with Crippen LogP contribution < -0.4 is 10.2 Å². The molecule has 1 saturated heterocycles. The Labute approximate surface area is 116 Å². The largest absolute Gasteiger partial charge is 0.311 e. The lowest BCUT2D eigenvalue weighted by atomic mass is 10.2. The minimum atomic E-state index is 0.0248. The van der Waals surface area contributed by atoms with E-state index in [-0.39, 0.29) is 11.9 Å². The SMILES string of the molecule is Cc1cc(Br)cc(N2CCC(NC3CC3)C2=O)c1. The summed E-state index contributed by atoms with van der Waals surface area (Å²) in [6.07, 6.45) is 3.36. The third-order valence-electron chi connectivity index (χ3n) is 3.56. The van der Waals surface area contributed by atoms with Crippen LogP contribution in [0.1, 0.15) is 24.8 Å². The summed E-state index contributed by atoms with van der Waals surface area (Å²) < 4.78 is 1.03. The number of benzene rings is 1. The normalized spacial score (nSPS) is 23.8. The maximum atomic E-state index is 12.3. The molecule has 2 aliphatic rings. The number of nitrogens with one attached hydrogen (secondary N) is 1. The standard InChI is InChI=1S/C14H17BrN2O/c1-9-6-10(15)8-12(7-9)17-5-4-13(14(17)18)16-11-2-3-11/h6-8,11,13,16H,2-5H2,1H3. The number of amides is 1. The predicted molar refractivity (Wildman–Crippen MR) is 75.8 cm³/mol. The highest BCUT2D eigenvalue weighted by atomic mass is 79.9. The van der Waals surface area contributed by atoms with Crippen LogP contribution in [0.3, 0.4) is 0 Å². The Morgan fingerprint density at radius 3 is 2.72 bits per heavy atom. The van der Waals surface area contributed by atoms with Crippen molar-refractivity contribution in [3.8, 4) is 0 Å². The van der Waals surface area contributed by atoms with Crippen molar-refractivity contribution in [3.63, 3.8) is 0 Å². The molecule has 1 aromatic carbocycles. The van der Waals surface area contributed by atoms with E-state index in [1.165, 1.54) is 18.4 Å². The zero-order valence-electron chi connectivity index (χ0n) is 10.4. The van der Waals surface area contributed by atoms with Crippen LogP contribution in [0.15, 0.2) is 22.7 Å². The average Bonchev–Trinajstić information content (AvgIpc) is 3.03. The fourth-order valence-electron chi connectivity index (χ4n) is 2.50. The molecule has 18 heavy (non-hydrogen) atoms. The summed E-state index contributed by atoms with van der Waals surface area (Å²) in [6.45, 7) is 2.87. The summed E-state index contributed by atoms with van der Waals surface area (Å²) in [5, 5.41) is 3.43. The highest BCUT2D eigenvalue weighted by Gasteiger charge is 2.36. The molecular formula is C14H17BrN2O. The van der Waals surface area contributed by atoms with Gasteiger partial charge < -0.3 is 10.2 Å². The van der Waals surface area contributed by atoms with E-state index in [4.69, 9.17) is 0 Å². The van der Waals surface area contributed by atoms with Crippen molar-refractivity contribution in [3.05, 3.63) is 28.2 Å². The van der Waals surface area contributed by atoms with Gasteiger partial charge in [-0.1, -0.05) is 15.9 Å². The second kappa shape index (κ2) is 4.67. The van der Waals surface area contributed by atoms with Gasteiger partial charge in [0.15, 0.2) is 0 Å². The van der Waals surface area contributed by atoms with E-state index in [1.807, 2.05) is 11.0 Å². The van der Waals surface area contributed by atoms with Crippen LogP contribution in [-0.2, 0) is 4.79 Å². The van der Waals surface area contributed by atoms with Crippen molar-refractivity contribution in [1.82, 2.24) is 5.32 Å². The van der Waals surface area contributed by atoms with E-state index in [0.717, 1.165) is 23.1 Å². The molecule has 1 aliphatic carbocycles. The van der Waals surface area contributed by atoms with Crippen molar-refractivity contribution >= 4 is 27.5 Å². The van der Waals surface area contributed by atoms with E-state index < -0.39 is 0 Å². The van der Waals surface area contributed by atoms with E-state index >= 15 is 0 Å². The van der Waals surface area contributed by atoms with Crippen LogP contribution in [0, 0.1) is 6.92 Å². The molecule has 1 unspecified atom stereocenters. The highest BCUT2D eigenvalue weighted by molar-refractivity contribution is 9.10. The van der Waals surface area contributed by atoms with Crippen LogP contribution in [-0.4, -0.2) is 24.5 Å². The lowest BCUT2D eigenvalue weighted by Crippen LogP contribution is -2.39. The Morgan fingerprint density at radius 1 is 1.28 bits per heavy atom. The number of anilines is 1. The number of carbonyl (C=O) groups is 1. The Bertz CT molecular complexity index is 464. The third kappa shape index (κ3) is 2.45. The molecule has 1 heterocycles. The Morgan fingerprint density at radius 2 is 2.06 bits per heavy atom. The van der Waals surface area contributed by atoms with Gasteiger partial charge in [0.05, 0.1) is 6.04 Å². The quantitative estimate of drug-likeness (QED) is 0.931. The highest BCUT2D eigenvalue weighted by Crippen LogP contribution is 2.28. The molecule has 1 aliphatic heterocycles. The first kappa shape index (κ1) is 12.2. The summed E-state index contributed by atoms with van der Waals surface area (Å²) in [5.74, 6) is 0.222. The Kier molecular flexibility index (Phi) is 3.16. The molecular weight excluding hydrogens is 292 g/mol. The van der Waals surface area contributed by atoms with Crippen LogP contribution in [0.5, 0.6) is 0 Å². The number of halogens is 1. The first-order valence-electron chi connectivity index (χ1n) is 6.48. The second-order valence-corrected chi connectivity index (χ2v) is 6.17. The molecule has 3 rings (SSSR count). The first-order chi connectivity index (χ1) is 8.63. The van der Waals surface area contributed by atoms with Crippen molar-refractivity contribution < 1.29 is 4.79 Å². The Hall–Kier alpha value is -0.870. The second-order valence-electron chi connectivity index (χ2n) is 5.26. The number of hydrogen-bond donors (Lipinski definition) is 1. The average molecular weight is 309 g/mol. The van der Waals surface area contributed by atoms with Gasteiger partial charge in [-0.15, -0.1) is 0 Å². The zero-order chi connectivity index (χ0) is 12.7. The molecule has 1 saturated carbocycles. The van der Waals surface area contributed by atoms with E-state index in [1.54, 1.807) is 0 Å². The summed E-state index contributed by atoms with van der Waals surface area (Å²) in [6, 6.07) is 6.76. The molecule has 1 aromatic rings. The maximum Gasteiger partial charge on any atom is 0.244 e. The molecule has 0 spiro atoms.